The minimum Gasteiger partial charge on any atom is -0.381 e. The van der Waals surface area contributed by atoms with Gasteiger partial charge in [0.25, 0.3) is 0 Å². The van der Waals surface area contributed by atoms with Gasteiger partial charge in [-0.3, -0.25) is 0 Å². The van der Waals surface area contributed by atoms with E-state index in [0.29, 0.717) is 0 Å². The molecule has 1 nitrogen and oxygen atoms in total. The molecule has 0 bridgehead atoms. The summed E-state index contributed by atoms with van der Waals surface area (Å²) in [5.74, 6) is 0. The molecule has 0 saturated heterocycles. The number of hydrogen-bond donors (Lipinski definition) is 0. The van der Waals surface area contributed by atoms with Gasteiger partial charge in [0, 0.05) is 13.2 Å². The Morgan fingerprint density at radius 2 is 1.43 bits per heavy atom. The molecule has 1 aromatic carbocycles. The van der Waals surface area contributed by atoms with Gasteiger partial charge in [0.05, 0.1) is 0 Å². The molecule has 0 aliphatic carbocycles. The van der Waals surface area contributed by atoms with E-state index in [9.17, 15) is 0 Å². The molecule has 0 aliphatic rings. The Labute approximate surface area is 88.1 Å². The van der Waals surface area contributed by atoms with Crippen molar-refractivity contribution < 1.29 is 4.74 Å². The average Bonchev–Trinajstić information content (AvgIpc) is 2.21. The highest BCUT2D eigenvalue weighted by Crippen LogP contribution is 1.92. The van der Waals surface area contributed by atoms with Crippen LogP contribution >= 0.6 is 0 Å². The van der Waals surface area contributed by atoms with E-state index in [4.69, 9.17) is 4.74 Å². The summed E-state index contributed by atoms with van der Waals surface area (Å²) in [6.07, 6.45) is 2.28. The van der Waals surface area contributed by atoms with Crippen molar-refractivity contribution >= 4 is 0 Å². The first-order chi connectivity index (χ1) is 6.81. The van der Waals surface area contributed by atoms with Crippen molar-refractivity contribution in [3.05, 3.63) is 35.9 Å². The lowest BCUT2D eigenvalue weighted by atomic mass is 10.2. The van der Waals surface area contributed by atoms with Gasteiger partial charge >= 0.3 is 0 Å². The van der Waals surface area contributed by atoms with Gasteiger partial charge in [0.15, 0.2) is 0 Å². The van der Waals surface area contributed by atoms with Crippen LogP contribution < -0.4 is 0 Å². The summed E-state index contributed by atoms with van der Waals surface area (Å²) in [5, 5.41) is 0. The van der Waals surface area contributed by atoms with Crippen LogP contribution in [0.1, 0.15) is 32.3 Å². The largest absolute Gasteiger partial charge is 0.381 e. The van der Waals surface area contributed by atoms with E-state index in [0.717, 1.165) is 26.1 Å². The van der Waals surface area contributed by atoms with Crippen molar-refractivity contribution in [2.45, 2.75) is 33.6 Å². The molecule has 1 aromatic rings. The second-order valence-corrected chi connectivity index (χ2v) is 3.27. The fourth-order valence-electron chi connectivity index (χ4n) is 0.925. The summed E-state index contributed by atoms with van der Waals surface area (Å²) in [6, 6.07) is 10.3. The Morgan fingerprint density at radius 1 is 0.929 bits per heavy atom. The number of aryl methyl sites for hydroxylation is 1. The Kier molecular flexibility index (Phi) is 9.66. The van der Waals surface area contributed by atoms with Crippen molar-refractivity contribution in [3.63, 3.8) is 0 Å². The molecule has 1 rings (SSSR count). The maximum atomic E-state index is 5.13. The minimum absolute atomic E-state index is 0.924. The van der Waals surface area contributed by atoms with Crippen molar-refractivity contribution in [1.82, 2.24) is 0 Å². The Morgan fingerprint density at radius 3 is 1.71 bits per heavy atom. The third-order valence-electron chi connectivity index (χ3n) is 1.64. The summed E-state index contributed by atoms with van der Waals surface area (Å²) in [6.45, 7) is 8.17. The predicted molar refractivity (Wildman–Crippen MR) is 62.6 cm³/mol. The van der Waals surface area contributed by atoms with E-state index in [1.807, 2.05) is 18.2 Å². The molecule has 0 aliphatic heterocycles. The fraction of sp³-hybridized carbons (Fsp3) is 0.538. The third-order valence-corrected chi connectivity index (χ3v) is 1.64. The second-order valence-electron chi connectivity index (χ2n) is 3.27. The van der Waals surface area contributed by atoms with E-state index in [2.05, 4.69) is 32.9 Å². The molecule has 0 spiro atoms. The molecule has 0 fully saturated rings. The van der Waals surface area contributed by atoms with Gasteiger partial charge in [-0.1, -0.05) is 49.7 Å². The normalized spacial score (nSPS) is 9.07. The van der Waals surface area contributed by atoms with Gasteiger partial charge in [0.1, 0.15) is 0 Å². The molecule has 0 heterocycles. The zero-order valence-corrected chi connectivity index (χ0v) is 9.62. The van der Waals surface area contributed by atoms with Crippen LogP contribution in [0.4, 0.5) is 0 Å². The van der Waals surface area contributed by atoms with Crippen LogP contribution in [0.25, 0.3) is 0 Å². The van der Waals surface area contributed by atoms with Gasteiger partial charge in [-0.25, -0.2) is 0 Å². The smallest absolute Gasteiger partial charge is 0.0463 e. The Balaban J connectivity index is 0.000000241. The molecule has 0 N–H and O–H groups in total. The highest BCUT2D eigenvalue weighted by Gasteiger charge is 1.77. The van der Waals surface area contributed by atoms with Crippen molar-refractivity contribution in [1.29, 1.82) is 0 Å². The van der Waals surface area contributed by atoms with E-state index in [1.165, 1.54) is 5.56 Å². The van der Waals surface area contributed by atoms with Crippen molar-refractivity contribution in [3.8, 4) is 0 Å². The molecular formula is C13H22O. The number of benzene rings is 1. The number of hydrogen-bond acceptors (Lipinski definition) is 1. The quantitative estimate of drug-likeness (QED) is 0.662. The van der Waals surface area contributed by atoms with E-state index >= 15 is 0 Å². The third kappa shape index (κ3) is 9.27. The van der Waals surface area contributed by atoms with Gasteiger partial charge < -0.3 is 4.74 Å². The Hall–Kier alpha value is -0.820. The standard InChI is InChI=1S/C7H8.C6H14O/c1-7-5-3-2-4-6-7;1-3-5-7-6-4-2/h2-6H,1H3;3-6H2,1-2H3. The summed E-state index contributed by atoms with van der Waals surface area (Å²) in [5.41, 5.74) is 1.32. The number of rotatable bonds is 4. The summed E-state index contributed by atoms with van der Waals surface area (Å²) in [7, 11) is 0. The molecule has 80 valence electrons. The summed E-state index contributed by atoms with van der Waals surface area (Å²) >= 11 is 0. The maximum absolute atomic E-state index is 5.13. The molecule has 0 amide bonds. The molecule has 1 heteroatoms. The van der Waals surface area contributed by atoms with Gasteiger partial charge in [-0.15, -0.1) is 0 Å². The van der Waals surface area contributed by atoms with Crippen LogP contribution in [0.2, 0.25) is 0 Å². The fourth-order valence-corrected chi connectivity index (χ4v) is 0.925. The average molecular weight is 194 g/mol. The van der Waals surface area contributed by atoms with Gasteiger partial charge in [0.2, 0.25) is 0 Å². The zero-order chi connectivity index (χ0) is 10.6. The lowest BCUT2D eigenvalue weighted by molar-refractivity contribution is 0.135. The minimum atomic E-state index is 0.924. The predicted octanol–water partition coefficient (Wildman–Crippen LogP) is 3.82. The lowest BCUT2D eigenvalue weighted by Gasteiger charge is -1.95. The highest BCUT2D eigenvalue weighted by molar-refractivity contribution is 5.11. The molecule has 14 heavy (non-hydrogen) atoms. The maximum Gasteiger partial charge on any atom is 0.0463 e. The first-order valence-electron chi connectivity index (χ1n) is 5.40. The summed E-state index contributed by atoms with van der Waals surface area (Å²) < 4.78 is 5.13. The molecule has 0 radical (unpaired) electrons. The van der Waals surface area contributed by atoms with Gasteiger partial charge in [-0.05, 0) is 19.8 Å². The summed E-state index contributed by atoms with van der Waals surface area (Å²) in [4.78, 5) is 0. The van der Waals surface area contributed by atoms with Crippen molar-refractivity contribution in [2.24, 2.45) is 0 Å². The second kappa shape index (κ2) is 10.3. The van der Waals surface area contributed by atoms with Crippen LogP contribution in [-0.2, 0) is 4.74 Å². The SMILES string of the molecule is CCCOCCC.Cc1ccccc1. The first-order valence-corrected chi connectivity index (χ1v) is 5.40. The number of ether oxygens (including phenoxy) is 1. The monoisotopic (exact) mass is 194 g/mol. The zero-order valence-electron chi connectivity index (χ0n) is 9.62. The topological polar surface area (TPSA) is 9.23 Å². The molecule has 0 aromatic heterocycles. The van der Waals surface area contributed by atoms with E-state index in [-0.39, 0.29) is 0 Å². The van der Waals surface area contributed by atoms with Crippen LogP contribution in [0.3, 0.4) is 0 Å². The molecule has 0 unspecified atom stereocenters. The van der Waals surface area contributed by atoms with Crippen molar-refractivity contribution in [2.75, 3.05) is 13.2 Å². The van der Waals surface area contributed by atoms with Crippen LogP contribution in [-0.4, -0.2) is 13.2 Å². The van der Waals surface area contributed by atoms with Crippen LogP contribution in [0, 0.1) is 6.92 Å². The molecule has 0 saturated carbocycles. The molecular weight excluding hydrogens is 172 g/mol. The van der Waals surface area contributed by atoms with E-state index in [1.54, 1.807) is 0 Å². The lowest BCUT2D eigenvalue weighted by Crippen LogP contribution is -1.92. The molecule has 0 atom stereocenters. The highest BCUT2D eigenvalue weighted by atomic mass is 16.5. The van der Waals surface area contributed by atoms with Crippen LogP contribution in [0.5, 0.6) is 0 Å². The van der Waals surface area contributed by atoms with E-state index < -0.39 is 0 Å². The Bertz CT molecular complexity index is 190. The van der Waals surface area contributed by atoms with Gasteiger partial charge in [-0.2, -0.15) is 0 Å². The van der Waals surface area contributed by atoms with Crippen LogP contribution in [0.15, 0.2) is 30.3 Å². The first kappa shape index (κ1) is 13.2.